The van der Waals surface area contributed by atoms with Crippen molar-refractivity contribution in [2.24, 2.45) is 5.11 Å². The van der Waals surface area contributed by atoms with E-state index >= 15 is 0 Å². The fourth-order valence-corrected chi connectivity index (χ4v) is 3.28. The minimum absolute atomic E-state index is 0.220. The Balaban J connectivity index is 2.98. The van der Waals surface area contributed by atoms with Gasteiger partial charge in [0, 0.05) is 11.0 Å². The Bertz CT molecular complexity index is 577. The lowest BCUT2D eigenvalue weighted by atomic mass is 10.1. The molecule has 0 aliphatic heterocycles. The van der Waals surface area contributed by atoms with Crippen LogP contribution >= 0.6 is 0 Å². The Kier molecular flexibility index (Phi) is 6.01. The van der Waals surface area contributed by atoms with Crippen LogP contribution in [0, 0.1) is 6.92 Å². The minimum Gasteiger partial charge on any atom is -0.208 e. The Hall–Kier alpha value is -1.56. The molecule has 0 spiro atoms. The molecule has 1 rings (SSSR count). The standard InChI is InChI=1S/C13H20N4O2S/c1-4-12(15-17-14)13(5-2)16-20(18,19)11-8-6-10(3)7-9-11/h6-9,12-13,16H,4-5H2,1-3H3/t12-,13-/m1/s1. The predicted molar refractivity (Wildman–Crippen MR) is 78.8 cm³/mol. The number of sulfonamides is 1. The molecule has 0 fully saturated rings. The van der Waals surface area contributed by atoms with Gasteiger partial charge in [0.15, 0.2) is 0 Å². The summed E-state index contributed by atoms with van der Waals surface area (Å²) in [4.78, 5) is 3.00. The second-order valence-corrected chi connectivity index (χ2v) is 6.34. The van der Waals surface area contributed by atoms with Gasteiger partial charge >= 0.3 is 0 Å². The normalized spacial score (nSPS) is 14.3. The molecule has 0 heterocycles. The van der Waals surface area contributed by atoms with E-state index < -0.39 is 16.1 Å². The van der Waals surface area contributed by atoms with Gasteiger partial charge in [-0.05, 0) is 37.4 Å². The molecule has 1 N–H and O–H groups in total. The van der Waals surface area contributed by atoms with Gasteiger partial charge in [-0.2, -0.15) is 0 Å². The maximum Gasteiger partial charge on any atom is 0.240 e. The first-order valence-corrected chi connectivity index (χ1v) is 8.06. The average molecular weight is 296 g/mol. The van der Waals surface area contributed by atoms with Gasteiger partial charge in [-0.1, -0.05) is 36.7 Å². The van der Waals surface area contributed by atoms with Crippen LogP contribution in [0.15, 0.2) is 34.3 Å². The van der Waals surface area contributed by atoms with Crippen LogP contribution < -0.4 is 4.72 Å². The van der Waals surface area contributed by atoms with Crippen molar-refractivity contribution in [2.45, 2.75) is 50.6 Å². The largest absolute Gasteiger partial charge is 0.240 e. The molecular formula is C13H20N4O2S. The lowest BCUT2D eigenvalue weighted by Gasteiger charge is -2.22. The number of aryl methyl sites for hydroxylation is 1. The molecule has 0 unspecified atom stereocenters. The van der Waals surface area contributed by atoms with Gasteiger partial charge in [0.25, 0.3) is 0 Å². The van der Waals surface area contributed by atoms with Gasteiger partial charge < -0.3 is 0 Å². The van der Waals surface area contributed by atoms with Crippen LogP contribution in [0.3, 0.4) is 0 Å². The Morgan fingerprint density at radius 2 is 1.85 bits per heavy atom. The Labute approximate surface area is 119 Å². The van der Waals surface area contributed by atoms with Crippen molar-refractivity contribution in [2.75, 3.05) is 0 Å². The molecule has 0 aromatic heterocycles. The maximum absolute atomic E-state index is 12.3. The number of benzene rings is 1. The lowest BCUT2D eigenvalue weighted by molar-refractivity contribution is 0.455. The topological polar surface area (TPSA) is 94.9 Å². The second-order valence-electron chi connectivity index (χ2n) is 4.63. The summed E-state index contributed by atoms with van der Waals surface area (Å²) in [5.41, 5.74) is 9.54. The number of nitrogens with zero attached hydrogens (tertiary/aromatic N) is 3. The van der Waals surface area contributed by atoms with E-state index in [-0.39, 0.29) is 10.9 Å². The molecule has 0 aliphatic rings. The molecule has 0 saturated carbocycles. The molecule has 1 aromatic carbocycles. The molecule has 20 heavy (non-hydrogen) atoms. The molecular weight excluding hydrogens is 276 g/mol. The number of nitrogens with one attached hydrogen (secondary N) is 1. The van der Waals surface area contributed by atoms with Crippen LogP contribution in [0.4, 0.5) is 0 Å². The lowest BCUT2D eigenvalue weighted by Crippen LogP contribution is -2.41. The third kappa shape index (κ3) is 4.23. The van der Waals surface area contributed by atoms with Crippen LogP contribution in [-0.2, 0) is 10.0 Å². The summed E-state index contributed by atoms with van der Waals surface area (Å²) in [5, 5.41) is 3.66. The van der Waals surface area contributed by atoms with E-state index in [1.165, 1.54) is 0 Å². The van der Waals surface area contributed by atoms with Crippen molar-refractivity contribution >= 4 is 10.0 Å². The quantitative estimate of drug-likeness (QED) is 0.475. The van der Waals surface area contributed by atoms with Crippen LogP contribution in [0.5, 0.6) is 0 Å². The highest BCUT2D eigenvalue weighted by atomic mass is 32.2. The van der Waals surface area contributed by atoms with Gasteiger partial charge in [-0.15, -0.1) is 0 Å². The zero-order valence-corrected chi connectivity index (χ0v) is 12.8. The summed E-state index contributed by atoms with van der Waals surface area (Å²) in [6.45, 7) is 5.62. The van der Waals surface area contributed by atoms with E-state index in [1.54, 1.807) is 24.3 Å². The van der Waals surface area contributed by atoms with Crippen LogP contribution in [0.2, 0.25) is 0 Å². The van der Waals surface area contributed by atoms with Crippen molar-refractivity contribution in [1.29, 1.82) is 0 Å². The van der Waals surface area contributed by atoms with E-state index in [4.69, 9.17) is 5.53 Å². The molecule has 6 nitrogen and oxygen atoms in total. The molecule has 0 aliphatic carbocycles. The molecule has 2 atom stereocenters. The van der Waals surface area contributed by atoms with Crippen molar-refractivity contribution in [3.8, 4) is 0 Å². The monoisotopic (exact) mass is 296 g/mol. The number of azide groups is 1. The number of hydrogen-bond donors (Lipinski definition) is 1. The van der Waals surface area contributed by atoms with E-state index in [2.05, 4.69) is 14.7 Å². The first kappa shape index (κ1) is 16.5. The molecule has 0 amide bonds. The average Bonchev–Trinajstić information content (AvgIpc) is 2.43. The van der Waals surface area contributed by atoms with Crippen LogP contribution in [-0.4, -0.2) is 20.5 Å². The van der Waals surface area contributed by atoms with Gasteiger partial charge in [0.1, 0.15) is 0 Å². The van der Waals surface area contributed by atoms with E-state index in [1.807, 2.05) is 20.8 Å². The highest BCUT2D eigenvalue weighted by Crippen LogP contribution is 2.15. The highest BCUT2D eigenvalue weighted by Gasteiger charge is 2.24. The molecule has 110 valence electrons. The molecule has 0 saturated heterocycles. The fraction of sp³-hybridized carbons (Fsp3) is 0.538. The first-order valence-electron chi connectivity index (χ1n) is 6.57. The second kappa shape index (κ2) is 7.28. The molecule has 7 heteroatoms. The minimum atomic E-state index is -3.60. The van der Waals surface area contributed by atoms with E-state index in [0.717, 1.165) is 5.56 Å². The van der Waals surface area contributed by atoms with Crippen LogP contribution in [0.25, 0.3) is 10.4 Å². The predicted octanol–water partition coefficient (Wildman–Crippen LogP) is 3.14. The fourth-order valence-electron chi connectivity index (χ4n) is 1.93. The van der Waals surface area contributed by atoms with Crippen molar-refractivity contribution in [3.05, 3.63) is 40.3 Å². The van der Waals surface area contributed by atoms with Gasteiger partial charge in [0.05, 0.1) is 10.9 Å². The van der Waals surface area contributed by atoms with Crippen LogP contribution in [0.1, 0.15) is 32.3 Å². The first-order chi connectivity index (χ1) is 9.44. The Morgan fingerprint density at radius 1 is 1.25 bits per heavy atom. The molecule has 0 radical (unpaired) electrons. The van der Waals surface area contributed by atoms with Gasteiger partial charge in [-0.3, -0.25) is 0 Å². The van der Waals surface area contributed by atoms with Crippen molar-refractivity contribution in [3.63, 3.8) is 0 Å². The summed E-state index contributed by atoms with van der Waals surface area (Å²) in [7, 11) is -3.60. The zero-order chi connectivity index (χ0) is 15.2. The van der Waals surface area contributed by atoms with Gasteiger partial charge in [0.2, 0.25) is 10.0 Å². The molecule has 0 bridgehead atoms. The summed E-state index contributed by atoms with van der Waals surface area (Å²) in [6, 6.07) is 5.85. The number of rotatable bonds is 7. The summed E-state index contributed by atoms with van der Waals surface area (Å²) < 4.78 is 27.2. The Morgan fingerprint density at radius 3 is 2.30 bits per heavy atom. The number of hydrogen-bond acceptors (Lipinski definition) is 3. The third-order valence-electron chi connectivity index (χ3n) is 3.16. The molecule has 1 aromatic rings. The summed E-state index contributed by atoms with van der Waals surface area (Å²) in [5.74, 6) is 0. The third-order valence-corrected chi connectivity index (χ3v) is 4.67. The summed E-state index contributed by atoms with van der Waals surface area (Å²) >= 11 is 0. The highest BCUT2D eigenvalue weighted by molar-refractivity contribution is 7.89. The van der Waals surface area contributed by atoms with Crippen molar-refractivity contribution < 1.29 is 8.42 Å². The summed E-state index contributed by atoms with van der Waals surface area (Å²) in [6.07, 6.45) is 1.14. The smallest absolute Gasteiger partial charge is 0.208 e. The van der Waals surface area contributed by atoms with E-state index in [0.29, 0.717) is 12.8 Å². The van der Waals surface area contributed by atoms with E-state index in [9.17, 15) is 8.42 Å². The maximum atomic E-state index is 12.3. The van der Waals surface area contributed by atoms with Crippen molar-refractivity contribution in [1.82, 2.24) is 4.72 Å². The zero-order valence-electron chi connectivity index (χ0n) is 11.9. The SMILES string of the molecule is CC[C@@H](N=[N+]=[N-])[C@@H](CC)NS(=O)(=O)c1ccc(C)cc1. The van der Waals surface area contributed by atoms with Gasteiger partial charge in [-0.25, -0.2) is 13.1 Å².